The first-order valence-electron chi connectivity index (χ1n) is 7.73. The highest BCUT2D eigenvalue weighted by Gasteiger charge is 2.16. The van der Waals surface area contributed by atoms with Gasteiger partial charge in [-0.2, -0.15) is 0 Å². The standard InChI is InChI=1S/C16H20BrN3O3S/c1-4-6-7-13-19-20-16(24-13)18-15(21)10-8-11(17)14(23-5-2)12(9-10)22-3/h8-9H,4-7H2,1-3H3,(H,18,20,21). The first-order valence-corrected chi connectivity index (χ1v) is 9.34. The molecule has 0 aliphatic heterocycles. The molecule has 2 rings (SSSR count). The number of methoxy groups -OCH3 is 1. The normalized spacial score (nSPS) is 10.5. The predicted octanol–water partition coefficient (Wildman–Crippen LogP) is 4.30. The molecule has 0 bridgehead atoms. The van der Waals surface area contributed by atoms with Crippen LogP contribution in [0.5, 0.6) is 11.5 Å². The molecule has 0 fully saturated rings. The molecule has 2 aromatic rings. The van der Waals surface area contributed by atoms with Gasteiger partial charge in [-0.15, -0.1) is 10.2 Å². The van der Waals surface area contributed by atoms with E-state index in [1.54, 1.807) is 12.1 Å². The van der Waals surface area contributed by atoms with Crippen molar-refractivity contribution in [3.63, 3.8) is 0 Å². The van der Waals surface area contributed by atoms with Crippen molar-refractivity contribution in [1.82, 2.24) is 10.2 Å². The lowest BCUT2D eigenvalue weighted by Crippen LogP contribution is -2.12. The number of unbranched alkanes of at least 4 members (excludes halogenated alkanes) is 1. The topological polar surface area (TPSA) is 73.3 Å². The third-order valence-electron chi connectivity index (χ3n) is 3.21. The predicted molar refractivity (Wildman–Crippen MR) is 98.3 cm³/mol. The number of carbonyl (C=O) groups is 1. The van der Waals surface area contributed by atoms with Crippen LogP contribution in [0, 0.1) is 0 Å². The smallest absolute Gasteiger partial charge is 0.257 e. The molecule has 1 heterocycles. The molecular formula is C16H20BrN3O3S. The number of hydrogen-bond acceptors (Lipinski definition) is 6. The molecule has 1 aromatic heterocycles. The van der Waals surface area contributed by atoms with Crippen LogP contribution in [-0.2, 0) is 6.42 Å². The van der Waals surface area contributed by atoms with Crippen LogP contribution in [0.1, 0.15) is 42.1 Å². The van der Waals surface area contributed by atoms with Gasteiger partial charge in [-0.1, -0.05) is 24.7 Å². The second-order valence-corrected chi connectivity index (χ2v) is 6.90. The van der Waals surface area contributed by atoms with Gasteiger partial charge in [0.2, 0.25) is 5.13 Å². The minimum absolute atomic E-state index is 0.268. The van der Waals surface area contributed by atoms with Gasteiger partial charge in [-0.3, -0.25) is 10.1 Å². The highest BCUT2D eigenvalue weighted by molar-refractivity contribution is 9.10. The summed E-state index contributed by atoms with van der Waals surface area (Å²) in [6.45, 7) is 4.52. The maximum Gasteiger partial charge on any atom is 0.257 e. The van der Waals surface area contributed by atoms with Crippen molar-refractivity contribution in [3.05, 3.63) is 27.2 Å². The van der Waals surface area contributed by atoms with Gasteiger partial charge in [0, 0.05) is 12.0 Å². The number of aromatic nitrogens is 2. The van der Waals surface area contributed by atoms with E-state index < -0.39 is 0 Å². The van der Waals surface area contributed by atoms with Crippen molar-refractivity contribution in [3.8, 4) is 11.5 Å². The van der Waals surface area contributed by atoms with Crippen LogP contribution in [0.2, 0.25) is 0 Å². The lowest BCUT2D eigenvalue weighted by Gasteiger charge is -2.12. The molecule has 24 heavy (non-hydrogen) atoms. The largest absolute Gasteiger partial charge is 0.493 e. The zero-order valence-electron chi connectivity index (χ0n) is 13.9. The second-order valence-electron chi connectivity index (χ2n) is 4.98. The summed E-state index contributed by atoms with van der Waals surface area (Å²) in [5, 5.41) is 12.3. The number of amides is 1. The van der Waals surface area contributed by atoms with E-state index in [1.807, 2.05) is 6.92 Å². The van der Waals surface area contributed by atoms with E-state index >= 15 is 0 Å². The van der Waals surface area contributed by atoms with E-state index in [1.165, 1.54) is 18.4 Å². The maximum absolute atomic E-state index is 12.4. The average Bonchev–Trinajstić information content (AvgIpc) is 3.01. The van der Waals surface area contributed by atoms with E-state index in [0.29, 0.717) is 33.3 Å². The van der Waals surface area contributed by atoms with Crippen LogP contribution in [0.25, 0.3) is 0 Å². The van der Waals surface area contributed by atoms with Crippen LogP contribution in [0.15, 0.2) is 16.6 Å². The number of ether oxygens (including phenoxy) is 2. The molecule has 1 amide bonds. The first kappa shape index (κ1) is 18.7. The minimum atomic E-state index is -0.268. The van der Waals surface area contributed by atoms with E-state index in [0.717, 1.165) is 24.3 Å². The summed E-state index contributed by atoms with van der Waals surface area (Å²) in [5.41, 5.74) is 0.451. The van der Waals surface area contributed by atoms with Crippen molar-refractivity contribution in [1.29, 1.82) is 0 Å². The number of carbonyl (C=O) groups excluding carboxylic acids is 1. The molecule has 6 nitrogen and oxygen atoms in total. The van der Waals surface area contributed by atoms with Crippen molar-refractivity contribution >= 4 is 38.3 Å². The minimum Gasteiger partial charge on any atom is -0.493 e. The molecule has 1 aromatic carbocycles. The number of benzene rings is 1. The molecule has 0 radical (unpaired) electrons. The van der Waals surface area contributed by atoms with Gasteiger partial charge in [-0.25, -0.2) is 0 Å². The Morgan fingerprint density at radius 2 is 2.12 bits per heavy atom. The lowest BCUT2D eigenvalue weighted by molar-refractivity contribution is 0.102. The molecule has 0 aliphatic carbocycles. The van der Waals surface area contributed by atoms with Gasteiger partial charge in [0.05, 0.1) is 18.2 Å². The van der Waals surface area contributed by atoms with Crippen LogP contribution in [0.4, 0.5) is 5.13 Å². The Kier molecular flexibility index (Phi) is 6.99. The van der Waals surface area contributed by atoms with Crippen molar-refractivity contribution in [2.45, 2.75) is 33.1 Å². The van der Waals surface area contributed by atoms with Crippen LogP contribution in [0.3, 0.4) is 0 Å². The molecule has 8 heteroatoms. The molecule has 0 atom stereocenters. The Balaban J connectivity index is 2.14. The van der Waals surface area contributed by atoms with Gasteiger partial charge in [0.25, 0.3) is 5.91 Å². The molecule has 1 N–H and O–H groups in total. The van der Waals surface area contributed by atoms with E-state index in [2.05, 4.69) is 38.4 Å². The van der Waals surface area contributed by atoms with E-state index in [-0.39, 0.29) is 5.91 Å². The Morgan fingerprint density at radius 3 is 2.79 bits per heavy atom. The van der Waals surface area contributed by atoms with Crippen molar-refractivity contribution in [2.24, 2.45) is 0 Å². The Labute approximate surface area is 153 Å². The van der Waals surface area contributed by atoms with E-state index in [4.69, 9.17) is 9.47 Å². The molecule has 0 saturated carbocycles. The summed E-state index contributed by atoms with van der Waals surface area (Å²) >= 11 is 4.82. The number of anilines is 1. The summed E-state index contributed by atoms with van der Waals surface area (Å²) in [7, 11) is 1.54. The Bertz CT molecular complexity index is 706. The molecule has 0 aliphatic rings. The molecule has 0 spiro atoms. The number of nitrogens with zero attached hydrogens (tertiary/aromatic N) is 2. The van der Waals surface area contributed by atoms with Gasteiger partial charge in [-0.05, 0) is 41.4 Å². The lowest BCUT2D eigenvalue weighted by atomic mass is 10.2. The first-order chi connectivity index (χ1) is 11.6. The maximum atomic E-state index is 12.4. The molecular weight excluding hydrogens is 394 g/mol. The zero-order valence-corrected chi connectivity index (χ0v) is 16.3. The highest BCUT2D eigenvalue weighted by atomic mass is 79.9. The third kappa shape index (κ3) is 4.67. The molecule has 0 saturated heterocycles. The monoisotopic (exact) mass is 413 g/mol. The molecule has 0 unspecified atom stereocenters. The summed E-state index contributed by atoms with van der Waals surface area (Å²) < 4.78 is 11.5. The Morgan fingerprint density at radius 1 is 1.33 bits per heavy atom. The summed E-state index contributed by atoms with van der Waals surface area (Å²) in [6, 6.07) is 3.34. The summed E-state index contributed by atoms with van der Waals surface area (Å²) in [4.78, 5) is 12.4. The molecule has 130 valence electrons. The van der Waals surface area contributed by atoms with E-state index in [9.17, 15) is 4.79 Å². The summed E-state index contributed by atoms with van der Waals surface area (Å²) in [5.74, 6) is 0.807. The van der Waals surface area contributed by atoms with Crippen LogP contribution < -0.4 is 14.8 Å². The van der Waals surface area contributed by atoms with Crippen molar-refractivity contribution in [2.75, 3.05) is 19.0 Å². The van der Waals surface area contributed by atoms with Gasteiger partial charge < -0.3 is 9.47 Å². The fourth-order valence-corrected chi connectivity index (χ4v) is 3.37. The number of halogens is 1. The summed E-state index contributed by atoms with van der Waals surface area (Å²) in [6.07, 6.45) is 3.04. The van der Waals surface area contributed by atoms with Gasteiger partial charge in [0.1, 0.15) is 5.01 Å². The number of aryl methyl sites for hydroxylation is 1. The fourth-order valence-electron chi connectivity index (χ4n) is 2.04. The van der Waals surface area contributed by atoms with Gasteiger partial charge in [0.15, 0.2) is 11.5 Å². The second kappa shape index (κ2) is 8.98. The fraction of sp³-hybridized carbons (Fsp3) is 0.438. The van der Waals surface area contributed by atoms with Crippen LogP contribution >= 0.6 is 27.3 Å². The number of nitrogens with one attached hydrogen (secondary N) is 1. The SMILES string of the molecule is CCCCc1nnc(NC(=O)c2cc(Br)c(OCC)c(OC)c2)s1. The zero-order chi connectivity index (χ0) is 17.5. The van der Waals surface area contributed by atoms with Crippen LogP contribution in [-0.4, -0.2) is 29.8 Å². The highest BCUT2D eigenvalue weighted by Crippen LogP contribution is 2.36. The van der Waals surface area contributed by atoms with Crippen molar-refractivity contribution < 1.29 is 14.3 Å². The quantitative estimate of drug-likeness (QED) is 0.697. The number of hydrogen-bond donors (Lipinski definition) is 1. The average molecular weight is 414 g/mol. The Hall–Kier alpha value is -1.67. The third-order valence-corrected chi connectivity index (χ3v) is 4.70. The number of rotatable bonds is 8. The van der Waals surface area contributed by atoms with Gasteiger partial charge >= 0.3 is 0 Å².